The van der Waals surface area contributed by atoms with Crippen LogP contribution in [0.4, 0.5) is 0 Å². The number of carbonyl (C=O) groups excluding carboxylic acids is 3. The van der Waals surface area contributed by atoms with Crippen molar-refractivity contribution >= 4 is 17.9 Å². The van der Waals surface area contributed by atoms with E-state index in [0.29, 0.717) is 19.3 Å². The summed E-state index contributed by atoms with van der Waals surface area (Å²) in [5, 5.41) is 0. The summed E-state index contributed by atoms with van der Waals surface area (Å²) in [5.41, 5.74) is 0. The molecule has 1 atom stereocenters. The van der Waals surface area contributed by atoms with Gasteiger partial charge in [-0.1, -0.05) is 317 Å². The van der Waals surface area contributed by atoms with Crippen LogP contribution in [0.2, 0.25) is 0 Å². The number of carbonyl (C=O) groups is 3. The van der Waals surface area contributed by atoms with Gasteiger partial charge in [-0.25, -0.2) is 0 Å². The summed E-state index contributed by atoms with van der Waals surface area (Å²) in [7, 11) is 0. The fraction of sp³-hybridized carbons (Fsp3) is 0.952. The summed E-state index contributed by atoms with van der Waals surface area (Å²) < 4.78 is 16.9. The standard InChI is InChI=1S/C62H120O6/c1-5-7-9-11-13-15-17-19-21-22-23-25-31-35-39-43-47-51-55-62(65)68-59(56-66-60(63)53-49-45-41-37-33-29-24-20-18-16-14-12-10-8-6-2)57-67-61(64)54-50-46-42-38-34-30-27-26-28-32-36-40-44-48-52-58(3)4/h58-59H,5-57H2,1-4H3/t59-/m1/s1. The van der Waals surface area contributed by atoms with Crippen molar-refractivity contribution in [2.75, 3.05) is 13.2 Å². The lowest BCUT2D eigenvalue weighted by atomic mass is 10.0. The van der Waals surface area contributed by atoms with E-state index in [1.54, 1.807) is 0 Å². The minimum atomic E-state index is -0.762. The van der Waals surface area contributed by atoms with Crippen LogP contribution in [0.15, 0.2) is 0 Å². The molecule has 0 radical (unpaired) electrons. The lowest BCUT2D eigenvalue weighted by Gasteiger charge is -2.18. The molecule has 0 fully saturated rings. The Labute approximate surface area is 425 Å². The summed E-state index contributed by atoms with van der Waals surface area (Å²) in [4.78, 5) is 38.2. The number of unbranched alkanes of at least 4 members (excludes halogenated alkanes) is 44. The van der Waals surface area contributed by atoms with Crippen LogP contribution in [0.25, 0.3) is 0 Å². The zero-order valence-corrected chi connectivity index (χ0v) is 46.6. The fourth-order valence-corrected chi connectivity index (χ4v) is 9.63. The number of esters is 3. The highest BCUT2D eigenvalue weighted by Gasteiger charge is 2.19. The summed E-state index contributed by atoms with van der Waals surface area (Å²) in [5.74, 6) is 0.0151. The van der Waals surface area contributed by atoms with Gasteiger partial charge in [-0.05, 0) is 25.2 Å². The Bertz CT molecular complexity index is 1030. The molecule has 0 unspecified atom stereocenters. The maximum absolute atomic E-state index is 12.9. The molecule has 0 aliphatic carbocycles. The average molecular weight is 962 g/mol. The molecule has 68 heavy (non-hydrogen) atoms. The quantitative estimate of drug-likeness (QED) is 0.0343. The molecule has 0 heterocycles. The van der Waals surface area contributed by atoms with Gasteiger partial charge in [0.2, 0.25) is 0 Å². The van der Waals surface area contributed by atoms with Crippen molar-refractivity contribution in [3.63, 3.8) is 0 Å². The van der Waals surface area contributed by atoms with Crippen molar-refractivity contribution in [3.05, 3.63) is 0 Å². The average Bonchev–Trinajstić information content (AvgIpc) is 3.32. The van der Waals surface area contributed by atoms with Gasteiger partial charge in [0.05, 0.1) is 0 Å². The van der Waals surface area contributed by atoms with Gasteiger partial charge in [-0.3, -0.25) is 14.4 Å². The Morgan fingerprint density at radius 1 is 0.279 bits per heavy atom. The van der Waals surface area contributed by atoms with Gasteiger partial charge in [0.1, 0.15) is 13.2 Å². The molecule has 0 aromatic heterocycles. The van der Waals surface area contributed by atoms with E-state index in [2.05, 4.69) is 27.7 Å². The Hall–Kier alpha value is -1.59. The Morgan fingerprint density at radius 2 is 0.485 bits per heavy atom. The van der Waals surface area contributed by atoms with Gasteiger partial charge in [0.15, 0.2) is 6.10 Å². The second kappa shape index (κ2) is 56.3. The molecule has 0 aromatic carbocycles. The molecule has 0 saturated heterocycles. The summed E-state index contributed by atoms with van der Waals surface area (Å²) in [6.07, 6.45) is 62.4. The maximum atomic E-state index is 12.9. The third-order valence-corrected chi connectivity index (χ3v) is 14.3. The van der Waals surface area contributed by atoms with Crippen molar-refractivity contribution in [3.8, 4) is 0 Å². The first-order chi connectivity index (χ1) is 33.4. The first-order valence-electron chi connectivity index (χ1n) is 30.9. The minimum Gasteiger partial charge on any atom is -0.462 e. The Morgan fingerprint density at radius 3 is 0.721 bits per heavy atom. The number of rotatable bonds is 57. The van der Waals surface area contributed by atoms with Gasteiger partial charge < -0.3 is 14.2 Å². The van der Waals surface area contributed by atoms with E-state index in [1.165, 1.54) is 250 Å². The molecule has 0 rings (SSSR count). The second-order valence-corrected chi connectivity index (χ2v) is 21.8. The minimum absolute atomic E-state index is 0.0613. The van der Waals surface area contributed by atoms with Crippen LogP contribution in [0.5, 0.6) is 0 Å². The van der Waals surface area contributed by atoms with Crippen LogP contribution in [0.3, 0.4) is 0 Å². The van der Waals surface area contributed by atoms with Crippen LogP contribution >= 0.6 is 0 Å². The van der Waals surface area contributed by atoms with E-state index in [4.69, 9.17) is 14.2 Å². The van der Waals surface area contributed by atoms with Crippen molar-refractivity contribution in [1.82, 2.24) is 0 Å². The van der Waals surface area contributed by atoms with Crippen molar-refractivity contribution in [1.29, 1.82) is 0 Å². The summed E-state index contributed by atoms with van der Waals surface area (Å²) >= 11 is 0. The van der Waals surface area contributed by atoms with Crippen LogP contribution in [-0.2, 0) is 28.6 Å². The van der Waals surface area contributed by atoms with Gasteiger partial charge in [-0.2, -0.15) is 0 Å². The van der Waals surface area contributed by atoms with E-state index in [0.717, 1.165) is 63.7 Å². The van der Waals surface area contributed by atoms with E-state index in [9.17, 15) is 14.4 Å². The van der Waals surface area contributed by atoms with E-state index in [-0.39, 0.29) is 31.1 Å². The molecule has 0 aliphatic heterocycles. The van der Waals surface area contributed by atoms with E-state index < -0.39 is 6.10 Å². The molecule has 0 saturated carbocycles. The first-order valence-corrected chi connectivity index (χ1v) is 30.9. The number of hydrogen-bond donors (Lipinski definition) is 0. The number of ether oxygens (including phenoxy) is 3. The molecule has 6 nitrogen and oxygen atoms in total. The largest absolute Gasteiger partial charge is 0.462 e. The molecular weight excluding hydrogens is 841 g/mol. The van der Waals surface area contributed by atoms with E-state index >= 15 is 0 Å². The highest BCUT2D eigenvalue weighted by Crippen LogP contribution is 2.18. The molecular formula is C62H120O6. The maximum Gasteiger partial charge on any atom is 0.306 e. The lowest BCUT2D eigenvalue weighted by molar-refractivity contribution is -0.167. The Balaban J connectivity index is 4.29. The van der Waals surface area contributed by atoms with Crippen LogP contribution in [-0.4, -0.2) is 37.2 Å². The van der Waals surface area contributed by atoms with Crippen molar-refractivity contribution in [2.45, 2.75) is 361 Å². The van der Waals surface area contributed by atoms with E-state index in [1.807, 2.05) is 0 Å². The summed E-state index contributed by atoms with van der Waals surface area (Å²) in [6.45, 7) is 9.08. The lowest BCUT2D eigenvalue weighted by Crippen LogP contribution is -2.30. The SMILES string of the molecule is CCCCCCCCCCCCCCCCCCCCC(=O)O[C@H](COC(=O)CCCCCCCCCCCCCCCCC)COC(=O)CCCCCCCCCCCCCCCCC(C)C. The molecule has 404 valence electrons. The second-order valence-electron chi connectivity index (χ2n) is 21.8. The van der Waals surface area contributed by atoms with Crippen molar-refractivity contribution in [2.24, 2.45) is 5.92 Å². The molecule has 0 aromatic rings. The molecule has 0 bridgehead atoms. The van der Waals surface area contributed by atoms with Crippen molar-refractivity contribution < 1.29 is 28.6 Å². The van der Waals surface area contributed by atoms with Crippen LogP contribution in [0.1, 0.15) is 355 Å². The monoisotopic (exact) mass is 961 g/mol. The molecule has 0 amide bonds. The third kappa shape index (κ3) is 55.3. The highest BCUT2D eigenvalue weighted by atomic mass is 16.6. The van der Waals surface area contributed by atoms with Crippen LogP contribution < -0.4 is 0 Å². The molecule has 0 N–H and O–H groups in total. The predicted octanol–water partition coefficient (Wildman–Crippen LogP) is 20.6. The zero-order chi connectivity index (χ0) is 49.5. The first kappa shape index (κ1) is 66.4. The Kier molecular flexibility index (Phi) is 55.0. The van der Waals surface area contributed by atoms with Gasteiger partial charge in [0.25, 0.3) is 0 Å². The molecule has 0 spiro atoms. The highest BCUT2D eigenvalue weighted by molar-refractivity contribution is 5.71. The summed E-state index contributed by atoms with van der Waals surface area (Å²) in [6, 6.07) is 0. The predicted molar refractivity (Wildman–Crippen MR) is 293 cm³/mol. The normalized spacial score (nSPS) is 12.0. The smallest absolute Gasteiger partial charge is 0.306 e. The zero-order valence-electron chi connectivity index (χ0n) is 46.6. The molecule has 0 aliphatic rings. The van der Waals surface area contributed by atoms with Gasteiger partial charge >= 0.3 is 17.9 Å². The fourth-order valence-electron chi connectivity index (χ4n) is 9.63. The van der Waals surface area contributed by atoms with Gasteiger partial charge in [0, 0.05) is 19.3 Å². The third-order valence-electron chi connectivity index (χ3n) is 14.3. The number of hydrogen-bond acceptors (Lipinski definition) is 6. The topological polar surface area (TPSA) is 78.9 Å². The molecule has 6 heteroatoms. The van der Waals surface area contributed by atoms with Crippen LogP contribution in [0, 0.1) is 5.92 Å². The van der Waals surface area contributed by atoms with Gasteiger partial charge in [-0.15, -0.1) is 0 Å².